The highest BCUT2D eigenvalue weighted by Gasteiger charge is 2.41. The fraction of sp³-hybridized carbons (Fsp3) is 0.435. The van der Waals surface area contributed by atoms with E-state index in [1.54, 1.807) is 0 Å². The summed E-state index contributed by atoms with van der Waals surface area (Å²) in [5.41, 5.74) is 5.91. The van der Waals surface area contributed by atoms with E-state index in [-0.39, 0.29) is 5.41 Å². The highest BCUT2D eigenvalue weighted by atomic mass is 15.0. The molecule has 2 heteroatoms. The number of para-hydroxylation sites is 1. The second-order valence-corrected chi connectivity index (χ2v) is 8.03. The van der Waals surface area contributed by atoms with Gasteiger partial charge in [-0.2, -0.15) is 0 Å². The summed E-state index contributed by atoms with van der Waals surface area (Å²) in [4.78, 5) is 5.36. The molecule has 0 bridgehead atoms. The lowest BCUT2D eigenvalue weighted by atomic mass is 9.67. The molecule has 1 aliphatic heterocycles. The van der Waals surface area contributed by atoms with Crippen LogP contribution in [0.5, 0.6) is 0 Å². The molecule has 2 aromatic carbocycles. The van der Waals surface area contributed by atoms with Crippen LogP contribution in [0.1, 0.15) is 61.3 Å². The summed E-state index contributed by atoms with van der Waals surface area (Å²) < 4.78 is 0. The van der Waals surface area contributed by atoms with E-state index in [4.69, 9.17) is 4.99 Å². The van der Waals surface area contributed by atoms with Gasteiger partial charge in [-0.3, -0.25) is 4.99 Å². The summed E-state index contributed by atoms with van der Waals surface area (Å²) >= 11 is 0. The van der Waals surface area contributed by atoms with Crippen LogP contribution < -0.4 is 5.32 Å². The number of hydrogen-bond acceptors (Lipinski definition) is 1. The van der Waals surface area contributed by atoms with Crippen molar-refractivity contribution in [3.05, 3.63) is 65.2 Å². The van der Waals surface area contributed by atoms with Crippen LogP contribution in [-0.4, -0.2) is 5.84 Å². The Balaban J connectivity index is 1.56. The molecule has 25 heavy (non-hydrogen) atoms. The van der Waals surface area contributed by atoms with Gasteiger partial charge in [-0.1, -0.05) is 61.7 Å². The molecule has 128 valence electrons. The van der Waals surface area contributed by atoms with Gasteiger partial charge < -0.3 is 5.32 Å². The Morgan fingerprint density at radius 2 is 1.64 bits per heavy atom. The van der Waals surface area contributed by atoms with Gasteiger partial charge in [0.05, 0.1) is 6.04 Å². The maximum atomic E-state index is 5.36. The summed E-state index contributed by atoms with van der Waals surface area (Å²) in [6.07, 6.45) is 10.1. The monoisotopic (exact) mass is 330 g/mol. The molecule has 2 nitrogen and oxygen atoms in total. The van der Waals surface area contributed by atoms with E-state index in [0.717, 1.165) is 12.8 Å². The number of anilines is 1. The highest BCUT2D eigenvalue weighted by Crippen LogP contribution is 2.46. The van der Waals surface area contributed by atoms with Crippen LogP contribution in [0.25, 0.3) is 0 Å². The average molecular weight is 330 g/mol. The first-order chi connectivity index (χ1) is 12.3. The van der Waals surface area contributed by atoms with Gasteiger partial charge in [0.2, 0.25) is 0 Å². The number of nitrogens with zero attached hydrogens (tertiary/aromatic N) is 1. The summed E-state index contributed by atoms with van der Waals surface area (Å²) in [5, 5.41) is 3.77. The zero-order valence-corrected chi connectivity index (χ0v) is 14.8. The maximum absolute atomic E-state index is 5.36. The first kappa shape index (κ1) is 15.2. The molecule has 3 aliphatic rings. The molecule has 0 aromatic heterocycles. The Bertz CT molecular complexity index is 814. The van der Waals surface area contributed by atoms with Gasteiger partial charge >= 0.3 is 0 Å². The lowest BCUT2D eigenvalue weighted by Crippen LogP contribution is -2.43. The topological polar surface area (TPSA) is 24.4 Å². The van der Waals surface area contributed by atoms with Crippen molar-refractivity contribution < 1.29 is 0 Å². The van der Waals surface area contributed by atoms with Crippen molar-refractivity contribution in [3.63, 3.8) is 0 Å². The van der Waals surface area contributed by atoms with Crippen molar-refractivity contribution in [2.24, 2.45) is 10.4 Å². The molecular formula is C23H26N2. The normalized spacial score (nSPS) is 25.4. The van der Waals surface area contributed by atoms with E-state index in [2.05, 4.69) is 53.8 Å². The fourth-order valence-electron chi connectivity index (χ4n) is 5.14. The number of benzene rings is 2. The number of nitrogens with one attached hydrogen (secondary N) is 1. The Kier molecular flexibility index (Phi) is 3.65. The standard InChI is InChI=1S/C23H26N2/c1-6-14-23(15-7-1)16-18-9-3-5-11-20(18)24-22(23)25-21-13-12-17-8-2-4-10-19(17)21/h2-5,8-11,21H,1,6-7,12-16H2,(H,24,25). The molecule has 2 aromatic rings. The second-order valence-electron chi connectivity index (χ2n) is 8.03. The van der Waals surface area contributed by atoms with Crippen molar-refractivity contribution in [2.75, 3.05) is 5.32 Å². The summed E-state index contributed by atoms with van der Waals surface area (Å²) in [5.74, 6) is 1.27. The third-order valence-electron chi connectivity index (χ3n) is 6.50. The minimum Gasteiger partial charge on any atom is -0.343 e. The fourth-order valence-corrected chi connectivity index (χ4v) is 5.14. The van der Waals surface area contributed by atoms with Gasteiger partial charge in [-0.05, 0) is 54.9 Å². The zero-order chi connectivity index (χ0) is 16.7. The second kappa shape index (κ2) is 6.01. The molecule has 5 rings (SSSR count). The molecule has 0 radical (unpaired) electrons. The quantitative estimate of drug-likeness (QED) is 0.713. The van der Waals surface area contributed by atoms with Crippen molar-refractivity contribution in [2.45, 2.75) is 57.4 Å². The molecule has 1 heterocycles. The summed E-state index contributed by atoms with van der Waals surface area (Å²) in [6, 6.07) is 18.0. The van der Waals surface area contributed by atoms with Gasteiger partial charge in [-0.25, -0.2) is 0 Å². The number of rotatable bonds is 1. The Morgan fingerprint density at radius 3 is 2.52 bits per heavy atom. The van der Waals surface area contributed by atoms with Crippen molar-refractivity contribution in [1.29, 1.82) is 0 Å². The summed E-state index contributed by atoms with van der Waals surface area (Å²) in [7, 11) is 0. The number of fused-ring (bicyclic) bond motifs is 2. The van der Waals surface area contributed by atoms with Crippen LogP contribution in [0.15, 0.2) is 53.5 Å². The van der Waals surface area contributed by atoms with Gasteiger partial charge in [-0.15, -0.1) is 0 Å². The van der Waals surface area contributed by atoms with E-state index in [0.29, 0.717) is 6.04 Å². The molecule has 1 fully saturated rings. The first-order valence-corrected chi connectivity index (χ1v) is 9.85. The van der Waals surface area contributed by atoms with Gasteiger partial charge in [0.25, 0.3) is 0 Å². The van der Waals surface area contributed by atoms with Crippen LogP contribution >= 0.6 is 0 Å². The molecular weight excluding hydrogens is 304 g/mol. The average Bonchev–Trinajstić information content (AvgIpc) is 3.06. The van der Waals surface area contributed by atoms with Gasteiger partial charge in [0, 0.05) is 11.1 Å². The summed E-state index contributed by atoms with van der Waals surface area (Å²) in [6.45, 7) is 0. The molecule has 0 amide bonds. The van der Waals surface area contributed by atoms with E-state index in [9.17, 15) is 0 Å². The van der Waals surface area contributed by atoms with E-state index in [1.165, 1.54) is 66.7 Å². The first-order valence-electron chi connectivity index (χ1n) is 9.85. The minimum atomic E-state index is 0.240. The molecule has 1 spiro atoms. The third-order valence-corrected chi connectivity index (χ3v) is 6.50. The number of amidine groups is 1. The molecule has 1 saturated carbocycles. The number of aryl methyl sites for hydroxylation is 1. The van der Waals surface area contributed by atoms with Crippen LogP contribution in [0.2, 0.25) is 0 Å². The predicted molar refractivity (Wildman–Crippen MR) is 104 cm³/mol. The largest absolute Gasteiger partial charge is 0.343 e. The predicted octanol–water partition coefficient (Wildman–Crippen LogP) is 5.69. The van der Waals surface area contributed by atoms with E-state index in [1.807, 2.05) is 0 Å². The maximum Gasteiger partial charge on any atom is 0.108 e. The van der Waals surface area contributed by atoms with Crippen LogP contribution in [0.3, 0.4) is 0 Å². The molecule has 1 atom stereocenters. The van der Waals surface area contributed by atoms with Gasteiger partial charge in [0.1, 0.15) is 5.84 Å². The van der Waals surface area contributed by atoms with Crippen LogP contribution in [0, 0.1) is 5.41 Å². The molecule has 2 aliphatic carbocycles. The Hall–Kier alpha value is -2.09. The molecule has 0 saturated heterocycles. The number of aliphatic imine (C=N–C) groups is 1. The highest BCUT2D eigenvalue weighted by molar-refractivity contribution is 6.02. The van der Waals surface area contributed by atoms with Crippen molar-refractivity contribution in [3.8, 4) is 0 Å². The van der Waals surface area contributed by atoms with E-state index < -0.39 is 0 Å². The smallest absolute Gasteiger partial charge is 0.108 e. The molecule has 1 unspecified atom stereocenters. The third kappa shape index (κ3) is 2.59. The minimum absolute atomic E-state index is 0.240. The Morgan fingerprint density at radius 1 is 0.880 bits per heavy atom. The van der Waals surface area contributed by atoms with E-state index >= 15 is 0 Å². The van der Waals surface area contributed by atoms with Gasteiger partial charge in [0.15, 0.2) is 0 Å². The van der Waals surface area contributed by atoms with Crippen molar-refractivity contribution in [1.82, 2.24) is 0 Å². The van der Waals surface area contributed by atoms with Crippen molar-refractivity contribution >= 4 is 11.5 Å². The number of hydrogen-bond donors (Lipinski definition) is 1. The molecule has 1 N–H and O–H groups in total. The van der Waals surface area contributed by atoms with Crippen LogP contribution in [0.4, 0.5) is 5.69 Å². The van der Waals surface area contributed by atoms with Crippen LogP contribution in [-0.2, 0) is 12.8 Å². The SMILES string of the molecule is c1ccc2c(c1)CC1(CCCCC1)C(=NC1CCc3ccccc31)N2. The zero-order valence-electron chi connectivity index (χ0n) is 14.8. The lowest BCUT2D eigenvalue weighted by Gasteiger charge is -2.43. The lowest BCUT2D eigenvalue weighted by molar-refractivity contribution is 0.277. The Labute approximate surface area is 150 Å².